The molecule has 0 fully saturated rings. The zero-order valence-electron chi connectivity index (χ0n) is 10.5. The van der Waals surface area contributed by atoms with Crippen LogP contribution in [0.15, 0.2) is 42.5 Å². The van der Waals surface area contributed by atoms with E-state index >= 15 is 0 Å². The molecule has 1 aromatic heterocycles. The van der Waals surface area contributed by atoms with Gasteiger partial charge in [0.2, 0.25) is 0 Å². The Hall–Kier alpha value is -2.28. The third-order valence-corrected chi connectivity index (χ3v) is 3.25. The standard InChI is InChI=1S/C14H9F3N2OS/c15-8-1-6-11-12(7-8)19(14(21)18-11)9-2-4-10(5-3-9)20-13(16)17/h1-7,13H,(H,18,21). The molecular formula is C14H9F3N2OS. The van der Waals surface area contributed by atoms with Crippen molar-refractivity contribution in [3.8, 4) is 11.4 Å². The van der Waals surface area contributed by atoms with Crippen molar-refractivity contribution in [2.75, 3.05) is 0 Å². The predicted octanol–water partition coefficient (Wildman–Crippen LogP) is 4.43. The molecule has 3 nitrogen and oxygen atoms in total. The quantitative estimate of drug-likeness (QED) is 0.725. The van der Waals surface area contributed by atoms with E-state index in [0.717, 1.165) is 0 Å². The number of benzene rings is 2. The summed E-state index contributed by atoms with van der Waals surface area (Å²) in [5, 5.41) is 0. The summed E-state index contributed by atoms with van der Waals surface area (Å²) < 4.78 is 43.9. The molecule has 3 aromatic rings. The number of hydrogen-bond donors (Lipinski definition) is 1. The smallest absolute Gasteiger partial charge is 0.387 e. The number of ether oxygens (including phenoxy) is 1. The van der Waals surface area contributed by atoms with Gasteiger partial charge in [-0.3, -0.25) is 4.57 Å². The summed E-state index contributed by atoms with van der Waals surface area (Å²) in [7, 11) is 0. The van der Waals surface area contributed by atoms with Gasteiger partial charge in [-0.05, 0) is 48.6 Å². The van der Waals surface area contributed by atoms with Crippen LogP contribution >= 0.6 is 12.2 Å². The minimum Gasteiger partial charge on any atom is -0.435 e. The highest BCUT2D eigenvalue weighted by molar-refractivity contribution is 7.71. The number of aromatic nitrogens is 2. The van der Waals surface area contributed by atoms with Crippen molar-refractivity contribution in [3.05, 3.63) is 53.1 Å². The number of aromatic amines is 1. The Morgan fingerprint density at radius 2 is 1.81 bits per heavy atom. The van der Waals surface area contributed by atoms with Crippen LogP contribution in [0.3, 0.4) is 0 Å². The zero-order chi connectivity index (χ0) is 15.0. The summed E-state index contributed by atoms with van der Waals surface area (Å²) >= 11 is 5.21. The number of nitrogens with zero attached hydrogens (tertiary/aromatic N) is 1. The Labute approximate surface area is 122 Å². The average molecular weight is 310 g/mol. The highest BCUT2D eigenvalue weighted by Gasteiger charge is 2.09. The van der Waals surface area contributed by atoms with Gasteiger partial charge in [0.1, 0.15) is 11.6 Å². The first-order valence-electron chi connectivity index (χ1n) is 6.00. The molecule has 2 aromatic carbocycles. The first kappa shape index (κ1) is 13.7. The molecule has 0 amide bonds. The molecule has 0 unspecified atom stereocenters. The number of H-pyrrole nitrogens is 1. The minimum absolute atomic E-state index is 0.0475. The largest absolute Gasteiger partial charge is 0.435 e. The number of imidazole rings is 1. The van der Waals surface area contributed by atoms with E-state index in [0.29, 0.717) is 21.5 Å². The van der Waals surface area contributed by atoms with Gasteiger partial charge < -0.3 is 9.72 Å². The fourth-order valence-electron chi connectivity index (χ4n) is 2.11. The van der Waals surface area contributed by atoms with E-state index in [9.17, 15) is 13.2 Å². The number of alkyl halides is 2. The summed E-state index contributed by atoms with van der Waals surface area (Å²) in [6.07, 6.45) is 0. The van der Waals surface area contributed by atoms with E-state index in [4.69, 9.17) is 12.2 Å². The predicted molar refractivity (Wildman–Crippen MR) is 75.0 cm³/mol. The van der Waals surface area contributed by atoms with Crippen LogP contribution in [0.25, 0.3) is 16.7 Å². The van der Waals surface area contributed by atoms with E-state index in [-0.39, 0.29) is 11.6 Å². The molecule has 0 saturated carbocycles. The van der Waals surface area contributed by atoms with Gasteiger partial charge in [0.15, 0.2) is 4.77 Å². The molecule has 7 heteroatoms. The normalized spacial score (nSPS) is 11.2. The van der Waals surface area contributed by atoms with Crippen LogP contribution in [0.5, 0.6) is 5.75 Å². The Morgan fingerprint density at radius 3 is 2.48 bits per heavy atom. The number of rotatable bonds is 3. The molecule has 108 valence electrons. The second kappa shape index (κ2) is 5.25. The molecule has 0 saturated heterocycles. The molecule has 3 rings (SSSR count). The molecule has 0 aliphatic carbocycles. The summed E-state index contributed by atoms with van der Waals surface area (Å²) in [5.41, 5.74) is 1.88. The fraction of sp³-hybridized carbons (Fsp3) is 0.0714. The van der Waals surface area contributed by atoms with Crippen LogP contribution in [-0.2, 0) is 0 Å². The van der Waals surface area contributed by atoms with Crippen LogP contribution in [0.4, 0.5) is 13.2 Å². The summed E-state index contributed by atoms with van der Waals surface area (Å²) in [4.78, 5) is 2.96. The van der Waals surface area contributed by atoms with Crippen molar-refractivity contribution in [2.24, 2.45) is 0 Å². The molecule has 0 radical (unpaired) electrons. The van der Waals surface area contributed by atoms with Gasteiger partial charge in [0, 0.05) is 11.8 Å². The first-order chi connectivity index (χ1) is 10.0. The van der Waals surface area contributed by atoms with E-state index < -0.39 is 6.61 Å². The fourth-order valence-corrected chi connectivity index (χ4v) is 2.42. The van der Waals surface area contributed by atoms with Crippen LogP contribution in [0, 0.1) is 10.6 Å². The lowest BCUT2D eigenvalue weighted by Crippen LogP contribution is -2.02. The summed E-state index contributed by atoms with van der Waals surface area (Å²) in [6.45, 7) is -2.87. The maximum atomic E-state index is 13.4. The van der Waals surface area contributed by atoms with Crippen molar-refractivity contribution in [2.45, 2.75) is 6.61 Å². The van der Waals surface area contributed by atoms with Gasteiger partial charge in [0.25, 0.3) is 0 Å². The van der Waals surface area contributed by atoms with Crippen molar-refractivity contribution in [1.29, 1.82) is 0 Å². The average Bonchev–Trinajstić information content (AvgIpc) is 2.74. The van der Waals surface area contributed by atoms with Gasteiger partial charge in [-0.25, -0.2) is 4.39 Å². The van der Waals surface area contributed by atoms with Crippen LogP contribution in [-0.4, -0.2) is 16.2 Å². The molecule has 1 N–H and O–H groups in total. The number of halogens is 3. The van der Waals surface area contributed by atoms with E-state index in [1.54, 1.807) is 22.8 Å². The van der Waals surface area contributed by atoms with Crippen LogP contribution in [0.1, 0.15) is 0 Å². The maximum absolute atomic E-state index is 13.4. The number of fused-ring (bicyclic) bond motifs is 1. The van der Waals surface area contributed by atoms with Gasteiger partial charge in [0.05, 0.1) is 11.0 Å². The van der Waals surface area contributed by atoms with Crippen molar-refractivity contribution in [3.63, 3.8) is 0 Å². The molecule has 0 atom stereocenters. The summed E-state index contributed by atoms with van der Waals surface area (Å²) in [5.74, 6) is -0.339. The number of hydrogen-bond acceptors (Lipinski definition) is 2. The molecule has 1 heterocycles. The zero-order valence-corrected chi connectivity index (χ0v) is 11.3. The lowest BCUT2D eigenvalue weighted by Gasteiger charge is -2.07. The minimum atomic E-state index is -2.87. The van der Waals surface area contributed by atoms with Crippen LogP contribution in [0.2, 0.25) is 0 Å². The van der Waals surface area contributed by atoms with Gasteiger partial charge in [-0.15, -0.1) is 0 Å². The third kappa shape index (κ3) is 2.64. The molecular weight excluding hydrogens is 301 g/mol. The Balaban J connectivity index is 2.09. The first-order valence-corrected chi connectivity index (χ1v) is 6.41. The molecule has 0 spiro atoms. The van der Waals surface area contributed by atoms with Crippen molar-refractivity contribution in [1.82, 2.24) is 9.55 Å². The lowest BCUT2D eigenvalue weighted by molar-refractivity contribution is -0.0498. The highest BCUT2D eigenvalue weighted by Crippen LogP contribution is 2.23. The Morgan fingerprint density at radius 1 is 1.10 bits per heavy atom. The molecule has 0 aliphatic rings. The van der Waals surface area contributed by atoms with E-state index in [2.05, 4.69) is 9.72 Å². The molecule has 21 heavy (non-hydrogen) atoms. The van der Waals surface area contributed by atoms with E-state index in [1.165, 1.54) is 24.3 Å². The van der Waals surface area contributed by atoms with Crippen LogP contribution < -0.4 is 4.74 Å². The van der Waals surface area contributed by atoms with Crippen molar-refractivity contribution < 1.29 is 17.9 Å². The highest BCUT2D eigenvalue weighted by atomic mass is 32.1. The topological polar surface area (TPSA) is 29.9 Å². The Kier molecular flexibility index (Phi) is 3.42. The van der Waals surface area contributed by atoms with E-state index in [1.807, 2.05) is 0 Å². The van der Waals surface area contributed by atoms with Gasteiger partial charge >= 0.3 is 6.61 Å². The number of nitrogens with one attached hydrogen (secondary N) is 1. The summed E-state index contributed by atoms with van der Waals surface area (Å²) in [6, 6.07) is 10.2. The van der Waals surface area contributed by atoms with Gasteiger partial charge in [-0.2, -0.15) is 8.78 Å². The monoisotopic (exact) mass is 310 g/mol. The van der Waals surface area contributed by atoms with Gasteiger partial charge in [-0.1, -0.05) is 0 Å². The second-order valence-corrected chi connectivity index (χ2v) is 4.69. The maximum Gasteiger partial charge on any atom is 0.387 e. The third-order valence-electron chi connectivity index (χ3n) is 2.97. The SMILES string of the molecule is Fc1ccc2[nH]c(=S)n(-c3ccc(OC(F)F)cc3)c2c1. The molecule has 0 aliphatic heterocycles. The Bertz CT molecular complexity index is 840. The molecule has 0 bridgehead atoms. The van der Waals surface area contributed by atoms with Crippen molar-refractivity contribution >= 4 is 23.3 Å². The lowest BCUT2D eigenvalue weighted by atomic mass is 10.2. The second-order valence-electron chi connectivity index (χ2n) is 4.30.